The van der Waals surface area contributed by atoms with E-state index >= 15 is 0 Å². The van der Waals surface area contributed by atoms with Crippen LogP contribution in [0.25, 0.3) is 22.0 Å². The van der Waals surface area contributed by atoms with E-state index in [4.69, 9.17) is 21.0 Å². The minimum atomic E-state index is -0.469. The zero-order valence-electron chi connectivity index (χ0n) is 21.3. The maximum atomic E-state index is 12.5. The number of anilines is 1. The van der Waals surface area contributed by atoms with Crippen LogP contribution in [-0.4, -0.2) is 58.9 Å². The van der Waals surface area contributed by atoms with Gasteiger partial charge < -0.3 is 24.3 Å². The molecule has 0 aliphatic rings. The molecule has 0 spiro atoms. The molecule has 0 fully saturated rings. The third-order valence-corrected chi connectivity index (χ3v) is 6.58. The number of carbonyl (C=O) groups excluding carboxylic acids is 1. The lowest BCUT2D eigenvalue weighted by atomic mass is 10.0. The fourth-order valence-corrected chi connectivity index (χ4v) is 4.51. The summed E-state index contributed by atoms with van der Waals surface area (Å²) in [5.74, 6) is -0.572. The molecule has 5 rings (SSSR count). The summed E-state index contributed by atoms with van der Waals surface area (Å²) in [4.78, 5) is 35.8. The van der Waals surface area contributed by atoms with Gasteiger partial charge in [-0.2, -0.15) is 0 Å². The normalized spacial score (nSPS) is 12.1. The van der Waals surface area contributed by atoms with E-state index in [-0.39, 0.29) is 11.8 Å². The Morgan fingerprint density at radius 1 is 1.08 bits per heavy atom. The Kier molecular flexibility index (Phi) is 6.56. The Bertz CT molecular complexity index is 1760. The van der Waals surface area contributed by atoms with Gasteiger partial charge in [0.25, 0.3) is 0 Å². The predicted octanol–water partition coefficient (Wildman–Crippen LogP) is 4.67. The number of benzene rings is 3. The van der Waals surface area contributed by atoms with Crippen LogP contribution in [0.3, 0.4) is 0 Å². The maximum Gasteiger partial charge on any atom is 0.419 e. The number of H-pyrrole nitrogens is 1. The summed E-state index contributed by atoms with van der Waals surface area (Å²) in [6.45, 7) is 0.294. The van der Waals surface area contributed by atoms with Crippen molar-refractivity contribution in [1.29, 1.82) is 0 Å². The number of likely N-dealkylation sites (N-methyl/N-ethyl adjacent to an activating group) is 2. The second-order valence-electron chi connectivity index (χ2n) is 9.32. The average Bonchev–Trinajstić information content (AvgIpc) is 3.35. The van der Waals surface area contributed by atoms with Crippen molar-refractivity contribution in [3.8, 4) is 5.88 Å². The molecule has 2 aromatic heterocycles. The third kappa shape index (κ3) is 4.69. The number of aromatic amines is 1. The van der Waals surface area contributed by atoms with Crippen LogP contribution in [-0.2, 0) is 11.8 Å². The fourth-order valence-electron chi connectivity index (χ4n) is 4.34. The molecule has 2 N–H and O–H groups in total. The minimum Gasteiger partial charge on any atom is -0.494 e. The van der Waals surface area contributed by atoms with Crippen molar-refractivity contribution in [1.82, 2.24) is 14.5 Å². The molecule has 3 aromatic carbocycles. The van der Waals surface area contributed by atoms with Gasteiger partial charge in [0, 0.05) is 35.8 Å². The highest BCUT2D eigenvalue weighted by atomic mass is 35.5. The Hall–Kier alpha value is -4.34. The topological polar surface area (TPSA) is 107 Å². The first-order valence-corrected chi connectivity index (χ1v) is 12.2. The number of hydrogen-bond donors (Lipinski definition) is 2. The third-order valence-electron chi connectivity index (χ3n) is 6.35. The van der Waals surface area contributed by atoms with Crippen molar-refractivity contribution in [2.45, 2.75) is 0 Å². The van der Waals surface area contributed by atoms with Crippen molar-refractivity contribution in [2.75, 3.05) is 32.6 Å². The van der Waals surface area contributed by atoms with E-state index in [0.717, 1.165) is 11.1 Å². The Morgan fingerprint density at radius 2 is 1.82 bits per heavy atom. The molecule has 194 valence electrons. The molecule has 0 aliphatic heterocycles. The van der Waals surface area contributed by atoms with Crippen molar-refractivity contribution < 1.29 is 14.3 Å². The maximum absolute atomic E-state index is 12.5. The lowest BCUT2D eigenvalue weighted by Crippen LogP contribution is -2.34. The number of halogens is 1. The summed E-state index contributed by atoms with van der Waals surface area (Å²) in [6, 6.07) is 17.9. The summed E-state index contributed by atoms with van der Waals surface area (Å²) in [7, 11) is 7.06. The van der Waals surface area contributed by atoms with Gasteiger partial charge in [-0.3, -0.25) is 9.36 Å². The first-order chi connectivity index (χ1) is 18.1. The number of rotatable bonds is 6. The van der Waals surface area contributed by atoms with Gasteiger partial charge in [-0.15, -0.1) is 0 Å². The zero-order chi connectivity index (χ0) is 27.1. The lowest BCUT2D eigenvalue weighted by Gasteiger charge is -2.19. The summed E-state index contributed by atoms with van der Waals surface area (Å²) in [5, 5.41) is 12.2. The van der Waals surface area contributed by atoms with E-state index in [1.807, 2.05) is 43.3 Å². The summed E-state index contributed by atoms with van der Waals surface area (Å²) < 4.78 is 6.83. The van der Waals surface area contributed by atoms with Crippen LogP contribution in [0.15, 0.2) is 74.9 Å². The Labute approximate surface area is 223 Å². The Morgan fingerprint density at radius 3 is 2.53 bits per heavy atom. The fraction of sp³-hybridized carbons (Fsp3) is 0.179. The van der Waals surface area contributed by atoms with Crippen LogP contribution in [0.4, 0.5) is 11.4 Å². The van der Waals surface area contributed by atoms with Gasteiger partial charge in [0.1, 0.15) is 0 Å². The molecule has 5 aromatic rings. The van der Waals surface area contributed by atoms with Crippen LogP contribution in [0, 0.1) is 0 Å². The van der Waals surface area contributed by atoms with E-state index in [0.29, 0.717) is 50.7 Å². The van der Waals surface area contributed by atoms with Gasteiger partial charge in [-0.05, 0) is 62.6 Å². The smallest absolute Gasteiger partial charge is 0.419 e. The molecule has 0 saturated carbocycles. The number of aliphatic imine (C=N–C) groups is 1. The molecule has 1 amide bonds. The van der Waals surface area contributed by atoms with Crippen LogP contribution in [0.5, 0.6) is 5.88 Å². The van der Waals surface area contributed by atoms with Gasteiger partial charge in [0.15, 0.2) is 11.5 Å². The van der Waals surface area contributed by atoms with Gasteiger partial charge in [0.05, 0.1) is 34.5 Å². The molecule has 0 radical (unpaired) electrons. The quantitative estimate of drug-likeness (QED) is 0.310. The largest absolute Gasteiger partial charge is 0.494 e. The number of aromatic nitrogens is 2. The summed E-state index contributed by atoms with van der Waals surface area (Å²) >= 11 is 6.17. The van der Waals surface area contributed by atoms with E-state index in [1.54, 1.807) is 55.4 Å². The number of hydrogen-bond acceptors (Lipinski definition) is 6. The number of amides is 1. The van der Waals surface area contributed by atoms with Gasteiger partial charge in [-0.1, -0.05) is 23.7 Å². The second-order valence-corrected chi connectivity index (χ2v) is 9.75. The molecule has 2 heterocycles. The monoisotopic (exact) mass is 531 g/mol. The highest BCUT2D eigenvalue weighted by Gasteiger charge is 2.20. The second kappa shape index (κ2) is 9.85. The molecule has 0 saturated heterocycles. The number of aryl methyl sites for hydroxylation is 1. The number of oxazole rings is 1. The van der Waals surface area contributed by atoms with E-state index < -0.39 is 5.76 Å². The highest BCUT2D eigenvalue weighted by molar-refractivity contribution is 6.31. The number of carbonyl (C=O) groups is 1. The molecule has 0 atom stereocenters. The van der Waals surface area contributed by atoms with Crippen molar-refractivity contribution in [3.63, 3.8) is 0 Å². The zero-order valence-corrected chi connectivity index (χ0v) is 22.1. The van der Waals surface area contributed by atoms with Crippen LogP contribution in [0.1, 0.15) is 11.1 Å². The minimum absolute atomic E-state index is 0.0352. The molecule has 0 aliphatic carbocycles. The van der Waals surface area contributed by atoms with E-state index in [2.05, 4.69) is 4.98 Å². The molecule has 38 heavy (non-hydrogen) atoms. The van der Waals surface area contributed by atoms with Crippen LogP contribution >= 0.6 is 11.6 Å². The molecular formula is C28H26ClN5O4. The SMILES string of the molecule is CN(C)CC(=O)N(C)c1ccc(N=C(c2ccc3c(c2)oc(=O)n3C)c2c(O)[nH]c3cc(Cl)ccc23)cc1. The number of nitrogens with zero attached hydrogens (tertiary/aromatic N) is 4. The number of aromatic hydroxyl groups is 1. The first kappa shape index (κ1) is 25.3. The summed E-state index contributed by atoms with van der Waals surface area (Å²) in [6.07, 6.45) is 0. The average molecular weight is 532 g/mol. The van der Waals surface area contributed by atoms with Crippen LogP contribution < -0.4 is 10.7 Å². The van der Waals surface area contributed by atoms with Gasteiger partial charge >= 0.3 is 5.76 Å². The number of fused-ring (bicyclic) bond motifs is 2. The van der Waals surface area contributed by atoms with Gasteiger partial charge in [0.2, 0.25) is 5.91 Å². The van der Waals surface area contributed by atoms with E-state index in [9.17, 15) is 14.7 Å². The standard InChI is InChI=1S/C28H26ClN5O4/c1-32(2)15-24(35)33(3)19-9-7-18(8-10-19)30-26(16-5-12-22-23(13-16)38-28(37)34(22)4)25-20-11-6-17(29)14-21(20)31-27(25)36/h5-14,31,36H,15H2,1-4H3. The molecule has 9 nitrogen and oxygen atoms in total. The van der Waals surface area contributed by atoms with Crippen molar-refractivity contribution in [3.05, 3.63) is 87.4 Å². The predicted molar refractivity (Wildman–Crippen MR) is 150 cm³/mol. The highest BCUT2D eigenvalue weighted by Crippen LogP contribution is 2.33. The molecule has 0 unspecified atom stereocenters. The van der Waals surface area contributed by atoms with Gasteiger partial charge in [-0.25, -0.2) is 9.79 Å². The van der Waals surface area contributed by atoms with Crippen molar-refractivity contribution in [2.24, 2.45) is 12.0 Å². The summed E-state index contributed by atoms with van der Waals surface area (Å²) in [5.41, 5.74) is 4.63. The first-order valence-electron chi connectivity index (χ1n) is 11.8. The number of nitrogens with one attached hydrogen (secondary N) is 1. The molecule has 10 heteroatoms. The molecular weight excluding hydrogens is 506 g/mol. The van der Waals surface area contributed by atoms with Crippen molar-refractivity contribution >= 4 is 56.6 Å². The lowest BCUT2D eigenvalue weighted by molar-refractivity contribution is -0.118. The van der Waals surface area contributed by atoms with E-state index in [1.165, 1.54) is 4.57 Å². The molecule has 0 bridgehead atoms. The van der Waals surface area contributed by atoms with Crippen LogP contribution in [0.2, 0.25) is 5.02 Å². The Balaban J connectivity index is 1.64.